The van der Waals surface area contributed by atoms with Crippen LogP contribution in [0.3, 0.4) is 0 Å². The number of thioether (sulfide) groups is 1. The van der Waals surface area contributed by atoms with Gasteiger partial charge in [-0.3, -0.25) is 4.21 Å². The molecule has 0 fully saturated rings. The number of fused-ring (bicyclic) bond motifs is 1. The molecule has 3 heterocycles. The molecule has 10 heteroatoms. The van der Waals surface area contributed by atoms with E-state index in [1.807, 2.05) is 6.92 Å². The molecule has 0 saturated carbocycles. The highest BCUT2D eigenvalue weighted by Crippen LogP contribution is 2.36. The number of alkyl halides is 3. The quantitative estimate of drug-likeness (QED) is 0.627. The minimum atomic E-state index is -4.47. The van der Waals surface area contributed by atoms with Crippen LogP contribution in [-0.4, -0.2) is 31.2 Å². The monoisotopic (exact) mass is 387 g/mol. The van der Waals surface area contributed by atoms with E-state index >= 15 is 0 Å². The first-order valence-corrected chi connectivity index (χ1v) is 9.64. The Kier molecular flexibility index (Phi) is 4.83. The smallest absolute Gasteiger partial charge is 0.416 e. The van der Waals surface area contributed by atoms with Crippen molar-refractivity contribution in [1.82, 2.24) is 15.0 Å². The number of pyridine rings is 2. The highest BCUT2D eigenvalue weighted by molar-refractivity contribution is 7.99. The molecular formula is C15H12F3N3O2S2. The van der Waals surface area contributed by atoms with Gasteiger partial charge in [-0.15, -0.1) is 11.8 Å². The molecule has 5 nitrogen and oxygen atoms in total. The van der Waals surface area contributed by atoms with E-state index in [0.717, 1.165) is 12.3 Å². The molecule has 0 spiro atoms. The van der Waals surface area contributed by atoms with Crippen molar-refractivity contribution < 1.29 is 21.8 Å². The third-order valence-electron chi connectivity index (χ3n) is 3.24. The fourth-order valence-electron chi connectivity index (χ4n) is 2.09. The van der Waals surface area contributed by atoms with Crippen LogP contribution in [0.25, 0.3) is 22.8 Å². The minimum Gasteiger partial charge on any atom is -0.416 e. The number of hydrogen-bond donors (Lipinski definition) is 0. The van der Waals surface area contributed by atoms with Crippen LogP contribution in [-0.2, 0) is 17.0 Å². The summed E-state index contributed by atoms with van der Waals surface area (Å²) in [5.74, 6) is 0.638. The Morgan fingerprint density at radius 3 is 2.64 bits per heavy atom. The lowest BCUT2D eigenvalue weighted by Crippen LogP contribution is -2.06. The van der Waals surface area contributed by atoms with Crippen LogP contribution < -0.4 is 0 Å². The first kappa shape index (κ1) is 17.9. The average molecular weight is 387 g/mol. The summed E-state index contributed by atoms with van der Waals surface area (Å²) in [5.41, 5.74) is -0.0303. The van der Waals surface area contributed by atoms with Gasteiger partial charge in [-0.05, 0) is 17.9 Å². The zero-order chi connectivity index (χ0) is 18.2. The number of halogens is 3. The maximum absolute atomic E-state index is 12.9. The van der Waals surface area contributed by atoms with E-state index in [4.69, 9.17) is 4.42 Å². The Labute approximate surface area is 147 Å². The molecule has 0 N–H and O–H groups in total. The third kappa shape index (κ3) is 3.69. The lowest BCUT2D eigenvalue weighted by molar-refractivity contribution is -0.138. The van der Waals surface area contributed by atoms with Gasteiger partial charge in [-0.2, -0.15) is 13.2 Å². The number of hydrogen-bond acceptors (Lipinski definition) is 6. The molecule has 0 bridgehead atoms. The van der Waals surface area contributed by atoms with Crippen molar-refractivity contribution in [2.45, 2.75) is 22.9 Å². The van der Waals surface area contributed by atoms with Gasteiger partial charge in [0.15, 0.2) is 0 Å². The summed E-state index contributed by atoms with van der Waals surface area (Å²) >= 11 is 1.21. The second-order valence-electron chi connectivity index (χ2n) is 4.97. The second kappa shape index (κ2) is 6.75. The van der Waals surface area contributed by atoms with Crippen molar-refractivity contribution in [3.05, 3.63) is 30.1 Å². The maximum Gasteiger partial charge on any atom is 0.417 e. The van der Waals surface area contributed by atoms with Gasteiger partial charge in [0.25, 0.3) is 0 Å². The zero-order valence-electron chi connectivity index (χ0n) is 13.1. The van der Waals surface area contributed by atoms with E-state index in [-0.39, 0.29) is 17.3 Å². The molecule has 0 aromatic carbocycles. The number of rotatable bonds is 4. The molecular weight excluding hydrogens is 375 g/mol. The summed E-state index contributed by atoms with van der Waals surface area (Å²) in [6, 6.07) is 2.60. The van der Waals surface area contributed by atoms with Crippen molar-refractivity contribution in [2.75, 3.05) is 12.0 Å². The molecule has 0 aliphatic carbocycles. The van der Waals surface area contributed by atoms with E-state index in [1.165, 1.54) is 24.2 Å². The second-order valence-corrected chi connectivity index (χ2v) is 7.66. The van der Waals surface area contributed by atoms with Gasteiger partial charge < -0.3 is 4.42 Å². The predicted molar refractivity (Wildman–Crippen MR) is 88.8 cm³/mol. The van der Waals surface area contributed by atoms with E-state index in [9.17, 15) is 17.4 Å². The average Bonchev–Trinajstić information content (AvgIpc) is 2.97. The van der Waals surface area contributed by atoms with Crippen LogP contribution in [0.4, 0.5) is 13.2 Å². The molecule has 3 rings (SSSR count). The van der Waals surface area contributed by atoms with Crippen LogP contribution in [0, 0.1) is 0 Å². The fourth-order valence-corrected chi connectivity index (χ4v) is 3.37. The SMILES string of the molecule is CCSc1cc(C(F)(F)F)cnc1-c1nc2cc(S(C)=O)cnc2o1. The first-order valence-electron chi connectivity index (χ1n) is 7.10. The largest absolute Gasteiger partial charge is 0.417 e. The van der Waals surface area contributed by atoms with E-state index in [1.54, 1.807) is 6.07 Å². The van der Waals surface area contributed by atoms with Gasteiger partial charge in [0.05, 0.1) is 21.3 Å². The van der Waals surface area contributed by atoms with Gasteiger partial charge in [0.2, 0.25) is 11.6 Å². The first-order chi connectivity index (χ1) is 11.8. The summed E-state index contributed by atoms with van der Waals surface area (Å²) in [6.45, 7) is 1.82. The molecule has 3 aromatic rings. The molecule has 0 radical (unpaired) electrons. The third-order valence-corrected chi connectivity index (χ3v) is 5.03. The summed E-state index contributed by atoms with van der Waals surface area (Å²) < 4.78 is 55.8. The zero-order valence-corrected chi connectivity index (χ0v) is 14.8. The molecule has 0 aliphatic heterocycles. The highest BCUT2D eigenvalue weighted by Gasteiger charge is 2.32. The number of oxazole rings is 1. The number of nitrogens with zero attached hydrogens (tertiary/aromatic N) is 3. The van der Waals surface area contributed by atoms with Crippen molar-refractivity contribution in [3.8, 4) is 11.6 Å². The summed E-state index contributed by atoms with van der Waals surface area (Å²) in [6.07, 6.45) is -0.798. The molecule has 3 aromatic heterocycles. The Bertz CT molecular complexity index is 957. The normalized spacial score (nSPS) is 13.3. The van der Waals surface area contributed by atoms with Crippen molar-refractivity contribution in [3.63, 3.8) is 0 Å². The molecule has 0 aliphatic rings. The van der Waals surface area contributed by atoms with Gasteiger partial charge in [0.1, 0.15) is 11.2 Å². The lowest BCUT2D eigenvalue weighted by Gasteiger charge is -2.10. The molecule has 132 valence electrons. The Morgan fingerprint density at radius 1 is 1.24 bits per heavy atom. The molecule has 25 heavy (non-hydrogen) atoms. The molecule has 0 saturated heterocycles. The summed E-state index contributed by atoms with van der Waals surface area (Å²) in [4.78, 5) is 13.0. The van der Waals surface area contributed by atoms with Crippen LogP contribution in [0.2, 0.25) is 0 Å². The van der Waals surface area contributed by atoms with Crippen molar-refractivity contribution in [2.24, 2.45) is 0 Å². The van der Waals surface area contributed by atoms with E-state index in [2.05, 4.69) is 15.0 Å². The van der Waals surface area contributed by atoms with Gasteiger partial charge in [0, 0.05) is 23.5 Å². The van der Waals surface area contributed by atoms with E-state index in [0.29, 0.717) is 21.1 Å². The Hall–Kier alpha value is -1.94. The standard InChI is InChI=1S/C15H12F3N3O2S2/c1-3-24-11-4-8(15(16,17)18)6-19-12(11)14-21-10-5-9(25(2)22)7-20-13(10)23-14/h4-7H,3H2,1-2H3. The van der Waals surface area contributed by atoms with Crippen LogP contribution in [0.5, 0.6) is 0 Å². The summed E-state index contributed by atoms with van der Waals surface area (Å²) in [5, 5.41) is 0. The topological polar surface area (TPSA) is 68.9 Å². The fraction of sp³-hybridized carbons (Fsp3) is 0.267. The Morgan fingerprint density at radius 2 is 2.00 bits per heavy atom. The van der Waals surface area contributed by atoms with Crippen LogP contribution in [0.15, 0.2) is 38.7 Å². The van der Waals surface area contributed by atoms with Gasteiger partial charge in [-0.1, -0.05) is 6.92 Å². The van der Waals surface area contributed by atoms with E-state index < -0.39 is 22.5 Å². The van der Waals surface area contributed by atoms with Crippen molar-refractivity contribution >= 4 is 33.8 Å². The van der Waals surface area contributed by atoms with Crippen LogP contribution in [0.1, 0.15) is 12.5 Å². The Balaban J connectivity index is 2.11. The highest BCUT2D eigenvalue weighted by atomic mass is 32.2. The maximum atomic E-state index is 12.9. The predicted octanol–water partition coefficient (Wildman–Crippen LogP) is 4.15. The minimum absolute atomic E-state index is 0.0752. The van der Waals surface area contributed by atoms with Crippen molar-refractivity contribution in [1.29, 1.82) is 0 Å². The van der Waals surface area contributed by atoms with Crippen LogP contribution >= 0.6 is 11.8 Å². The number of aromatic nitrogens is 3. The van der Waals surface area contributed by atoms with Gasteiger partial charge in [-0.25, -0.2) is 15.0 Å². The molecule has 1 atom stereocenters. The van der Waals surface area contributed by atoms with Gasteiger partial charge >= 0.3 is 6.18 Å². The summed E-state index contributed by atoms with van der Waals surface area (Å²) in [7, 11) is -1.23. The molecule has 0 amide bonds. The lowest BCUT2D eigenvalue weighted by atomic mass is 10.2. The molecule has 1 unspecified atom stereocenters.